The number of halogens is 1. The van der Waals surface area contributed by atoms with Crippen LogP contribution in [0.25, 0.3) is 17.0 Å². The van der Waals surface area contributed by atoms with Crippen molar-refractivity contribution in [3.63, 3.8) is 0 Å². The second kappa shape index (κ2) is 6.11. The van der Waals surface area contributed by atoms with Crippen LogP contribution in [0.5, 0.6) is 0 Å². The molecule has 0 aromatic carbocycles. The van der Waals surface area contributed by atoms with Gasteiger partial charge in [-0.15, -0.1) is 0 Å². The fraction of sp³-hybridized carbons (Fsp3) is 0.375. The van der Waals surface area contributed by atoms with Crippen molar-refractivity contribution in [3.8, 4) is 6.07 Å². The summed E-state index contributed by atoms with van der Waals surface area (Å²) in [5.41, 5.74) is 1.33. The lowest BCUT2D eigenvalue weighted by Gasteiger charge is -2.30. The standard InChI is InChI=1S/C16H17BrN4O/c1-3-11-12-9-19-16(14(17)15(12)22-13(11)8-18)20-10-4-6-21(2)7-5-10/h3,9-10H,1,4-7H2,2H3,(H,19,20). The molecule has 114 valence electrons. The lowest BCUT2D eigenvalue weighted by Crippen LogP contribution is -2.36. The van der Waals surface area contributed by atoms with Gasteiger partial charge in [0.2, 0.25) is 5.76 Å². The van der Waals surface area contributed by atoms with Gasteiger partial charge >= 0.3 is 0 Å². The first kappa shape index (κ1) is 15.1. The van der Waals surface area contributed by atoms with Crippen LogP contribution in [0.15, 0.2) is 21.7 Å². The number of nitriles is 1. The Morgan fingerprint density at radius 3 is 2.91 bits per heavy atom. The van der Waals surface area contributed by atoms with Crippen LogP contribution in [-0.2, 0) is 0 Å². The lowest BCUT2D eigenvalue weighted by molar-refractivity contribution is 0.263. The molecule has 1 N–H and O–H groups in total. The van der Waals surface area contributed by atoms with E-state index in [9.17, 15) is 0 Å². The minimum atomic E-state index is 0.268. The SMILES string of the molecule is C=Cc1c(C#N)oc2c(Br)c(NC3CCN(C)CC3)ncc12. The van der Waals surface area contributed by atoms with Gasteiger partial charge in [-0.05, 0) is 48.9 Å². The normalized spacial score (nSPS) is 16.6. The third kappa shape index (κ3) is 2.62. The predicted octanol–water partition coefficient (Wildman–Crippen LogP) is 3.61. The molecule has 0 amide bonds. The van der Waals surface area contributed by atoms with Gasteiger partial charge in [-0.3, -0.25) is 0 Å². The van der Waals surface area contributed by atoms with Crippen molar-refractivity contribution in [2.75, 3.05) is 25.5 Å². The van der Waals surface area contributed by atoms with E-state index in [0.29, 0.717) is 17.2 Å². The van der Waals surface area contributed by atoms with E-state index in [4.69, 9.17) is 9.68 Å². The molecule has 3 heterocycles. The summed E-state index contributed by atoms with van der Waals surface area (Å²) >= 11 is 3.55. The fourth-order valence-corrected chi connectivity index (χ4v) is 3.29. The highest BCUT2D eigenvalue weighted by molar-refractivity contribution is 9.10. The molecular weight excluding hydrogens is 344 g/mol. The predicted molar refractivity (Wildman–Crippen MR) is 90.7 cm³/mol. The van der Waals surface area contributed by atoms with E-state index in [0.717, 1.165) is 41.6 Å². The number of nitrogens with one attached hydrogen (secondary N) is 1. The molecule has 0 radical (unpaired) electrons. The number of furan rings is 1. The van der Waals surface area contributed by atoms with Crippen LogP contribution in [0, 0.1) is 11.3 Å². The number of piperidine rings is 1. The van der Waals surface area contributed by atoms with E-state index in [1.54, 1.807) is 12.3 Å². The smallest absolute Gasteiger partial charge is 0.212 e. The summed E-state index contributed by atoms with van der Waals surface area (Å²) in [6, 6.07) is 2.46. The molecular formula is C16H17BrN4O. The van der Waals surface area contributed by atoms with Crippen molar-refractivity contribution in [3.05, 3.63) is 28.6 Å². The summed E-state index contributed by atoms with van der Waals surface area (Å²) in [7, 11) is 2.14. The molecule has 5 nitrogen and oxygen atoms in total. The van der Waals surface area contributed by atoms with Gasteiger partial charge in [-0.25, -0.2) is 4.98 Å². The van der Waals surface area contributed by atoms with Crippen molar-refractivity contribution in [1.29, 1.82) is 5.26 Å². The van der Waals surface area contributed by atoms with Crippen molar-refractivity contribution >= 4 is 38.8 Å². The molecule has 0 atom stereocenters. The molecule has 3 rings (SSSR count). The zero-order valence-electron chi connectivity index (χ0n) is 12.4. The highest BCUT2D eigenvalue weighted by Crippen LogP contribution is 2.35. The van der Waals surface area contributed by atoms with Crippen LogP contribution >= 0.6 is 15.9 Å². The number of aromatic nitrogens is 1. The van der Waals surface area contributed by atoms with Crippen LogP contribution in [0.3, 0.4) is 0 Å². The minimum Gasteiger partial charge on any atom is -0.444 e. The number of hydrogen-bond donors (Lipinski definition) is 1. The summed E-state index contributed by atoms with van der Waals surface area (Å²) in [6.45, 7) is 5.90. The average Bonchev–Trinajstić information content (AvgIpc) is 2.90. The van der Waals surface area contributed by atoms with Gasteiger partial charge in [0.15, 0.2) is 5.58 Å². The summed E-state index contributed by atoms with van der Waals surface area (Å²) < 4.78 is 6.41. The molecule has 1 saturated heterocycles. The zero-order chi connectivity index (χ0) is 15.7. The number of anilines is 1. The van der Waals surface area contributed by atoms with Gasteiger partial charge in [-0.1, -0.05) is 12.7 Å². The van der Waals surface area contributed by atoms with E-state index in [2.05, 4.69) is 50.8 Å². The first-order chi connectivity index (χ1) is 10.6. The minimum absolute atomic E-state index is 0.268. The molecule has 0 unspecified atom stereocenters. The Hall–Kier alpha value is -1.84. The summed E-state index contributed by atoms with van der Waals surface area (Å²) in [5, 5.41) is 13.4. The van der Waals surface area contributed by atoms with E-state index in [-0.39, 0.29) is 5.76 Å². The molecule has 1 aliphatic rings. The maximum Gasteiger partial charge on any atom is 0.212 e. The van der Waals surface area contributed by atoms with Gasteiger partial charge in [0, 0.05) is 23.2 Å². The fourth-order valence-electron chi connectivity index (χ4n) is 2.77. The number of likely N-dealkylation sites (tertiary alicyclic amines) is 1. The highest BCUT2D eigenvalue weighted by atomic mass is 79.9. The first-order valence-corrected chi connectivity index (χ1v) is 8.02. The molecule has 0 saturated carbocycles. The largest absolute Gasteiger partial charge is 0.444 e. The van der Waals surface area contributed by atoms with Crippen LogP contribution in [0.2, 0.25) is 0 Å². The molecule has 1 aliphatic heterocycles. The Balaban J connectivity index is 1.93. The first-order valence-electron chi connectivity index (χ1n) is 7.22. The van der Waals surface area contributed by atoms with Gasteiger partial charge in [0.25, 0.3) is 0 Å². The van der Waals surface area contributed by atoms with E-state index in [1.165, 1.54) is 0 Å². The zero-order valence-corrected chi connectivity index (χ0v) is 14.0. The van der Waals surface area contributed by atoms with Crippen LogP contribution in [0.1, 0.15) is 24.2 Å². The molecule has 2 aromatic rings. The highest BCUT2D eigenvalue weighted by Gasteiger charge is 2.21. The molecule has 22 heavy (non-hydrogen) atoms. The molecule has 1 fully saturated rings. The monoisotopic (exact) mass is 360 g/mol. The van der Waals surface area contributed by atoms with Crippen molar-refractivity contribution < 1.29 is 4.42 Å². The Morgan fingerprint density at radius 2 is 2.27 bits per heavy atom. The summed E-state index contributed by atoms with van der Waals surface area (Å²) in [4.78, 5) is 6.81. The second-order valence-corrected chi connectivity index (χ2v) is 6.34. The Morgan fingerprint density at radius 1 is 1.55 bits per heavy atom. The third-order valence-electron chi connectivity index (χ3n) is 4.08. The topological polar surface area (TPSA) is 65.1 Å². The second-order valence-electron chi connectivity index (χ2n) is 5.55. The Bertz CT molecular complexity index is 754. The number of nitrogens with zero attached hydrogens (tertiary/aromatic N) is 3. The van der Waals surface area contributed by atoms with Crippen molar-refractivity contribution in [2.24, 2.45) is 0 Å². The molecule has 0 aliphatic carbocycles. The van der Waals surface area contributed by atoms with E-state index in [1.807, 2.05) is 0 Å². The van der Waals surface area contributed by atoms with E-state index < -0.39 is 0 Å². The molecule has 0 bridgehead atoms. The van der Waals surface area contributed by atoms with Crippen LogP contribution in [-0.4, -0.2) is 36.1 Å². The van der Waals surface area contributed by atoms with Gasteiger partial charge in [0.1, 0.15) is 16.4 Å². The average molecular weight is 361 g/mol. The van der Waals surface area contributed by atoms with Crippen LogP contribution < -0.4 is 5.32 Å². The van der Waals surface area contributed by atoms with Gasteiger partial charge < -0.3 is 14.6 Å². The molecule has 6 heteroatoms. The maximum atomic E-state index is 9.15. The number of hydrogen-bond acceptors (Lipinski definition) is 5. The van der Waals surface area contributed by atoms with Gasteiger partial charge in [-0.2, -0.15) is 5.26 Å². The lowest BCUT2D eigenvalue weighted by atomic mass is 10.1. The van der Waals surface area contributed by atoms with Crippen LogP contribution in [0.4, 0.5) is 5.82 Å². The summed E-state index contributed by atoms with van der Waals surface area (Å²) in [6.07, 6.45) is 5.53. The maximum absolute atomic E-state index is 9.15. The summed E-state index contributed by atoms with van der Waals surface area (Å²) in [5.74, 6) is 1.03. The molecule has 0 spiro atoms. The number of rotatable bonds is 3. The third-order valence-corrected chi connectivity index (χ3v) is 4.81. The Kier molecular flexibility index (Phi) is 4.19. The van der Waals surface area contributed by atoms with Crippen molar-refractivity contribution in [2.45, 2.75) is 18.9 Å². The number of pyridine rings is 1. The van der Waals surface area contributed by atoms with Gasteiger partial charge in [0.05, 0.1) is 0 Å². The number of fused-ring (bicyclic) bond motifs is 1. The molecule has 2 aromatic heterocycles. The quantitative estimate of drug-likeness (QED) is 0.905. The van der Waals surface area contributed by atoms with E-state index >= 15 is 0 Å². The Labute approximate surface area is 137 Å². The van der Waals surface area contributed by atoms with Crippen molar-refractivity contribution in [1.82, 2.24) is 9.88 Å².